The summed E-state index contributed by atoms with van der Waals surface area (Å²) in [4.78, 5) is 4.89. The van der Waals surface area contributed by atoms with Crippen molar-refractivity contribution in [1.29, 1.82) is 0 Å². The molecule has 0 fully saturated rings. The largest absolute Gasteiger partial charge is 0.383 e. The first-order chi connectivity index (χ1) is 8.63. The lowest BCUT2D eigenvalue weighted by atomic mass is 10.2. The third-order valence-electron chi connectivity index (χ3n) is 2.51. The second-order valence-corrected chi connectivity index (χ2v) is 5.45. The van der Waals surface area contributed by atoms with E-state index in [1.807, 2.05) is 6.92 Å². The van der Waals surface area contributed by atoms with Crippen molar-refractivity contribution in [1.82, 2.24) is 14.8 Å². The summed E-state index contributed by atoms with van der Waals surface area (Å²) in [6.07, 6.45) is 2.39. The van der Waals surface area contributed by atoms with Gasteiger partial charge >= 0.3 is 0 Å². The van der Waals surface area contributed by atoms with Crippen LogP contribution < -0.4 is 0 Å². The van der Waals surface area contributed by atoms with Crippen molar-refractivity contribution in [2.24, 2.45) is 0 Å². The van der Waals surface area contributed by atoms with Gasteiger partial charge in [0.2, 0.25) is 0 Å². The molecule has 0 saturated carbocycles. The van der Waals surface area contributed by atoms with Crippen molar-refractivity contribution in [3.63, 3.8) is 0 Å². The molecule has 0 spiro atoms. The minimum Gasteiger partial charge on any atom is -0.383 e. The summed E-state index contributed by atoms with van der Waals surface area (Å²) in [5.74, 6) is 0. The number of rotatable bonds is 5. The number of aliphatic hydroxyl groups excluding tert-OH is 1. The Labute approximate surface area is 114 Å². The maximum absolute atomic E-state index is 10.3. The van der Waals surface area contributed by atoms with Crippen molar-refractivity contribution >= 4 is 22.9 Å². The van der Waals surface area contributed by atoms with E-state index in [9.17, 15) is 5.11 Å². The molecule has 2 rings (SSSR count). The first-order valence-electron chi connectivity index (χ1n) is 5.44. The van der Waals surface area contributed by atoms with E-state index in [4.69, 9.17) is 16.3 Å². The molecule has 18 heavy (non-hydrogen) atoms. The van der Waals surface area contributed by atoms with Crippen LogP contribution in [0, 0.1) is 6.92 Å². The van der Waals surface area contributed by atoms with E-state index >= 15 is 0 Å². The van der Waals surface area contributed by atoms with Crippen molar-refractivity contribution in [2.45, 2.75) is 19.6 Å². The number of aryl methyl sites for hydroxylation is 1. The normalized spacial score (nSPS) is 12.9. The summed E-state index contributed by atoms with van der Waals surface area (Å²) in [5.41, 5.74) is 0.581. The Kier molecular flexibility index (Phi) is 4.34. The van der Waals surface area contributed by atoms with Crippen LogP contribution in [-0.4, -0.2) is 33.6 Å². The molecule has 2 aromatic heterocycles. The van der Waals surface area contributed by atoms with E-state index < -0.39 is 6.10 Å². The summed E-state index contributed by atoms with van der Waals surface area (Å²) in [7, 11) is 1.62. The number of aromatic nitrogens is 3. The van der Waals surface area contributed by atoms with Crippen molar-refractivity contribution in [2.75, 3.05) is 13.7 Å². The molecular weight excluding hydrogens is 274 g/mol. The molecule has 0 amide bonds. The fraction of sp³-hybridized carbons (Fsp3) is 0.455. The van der Waals surface area contributed by atoms with Crippen molar-refractivity contribution in [3.8, 4) is 0 Å². The Morgan fingerprint density at radius 2 is 2.33 bits per heavy atom. The lowest BCUT2D eigenvalue weighted by molar-refractivity contribution is 0.172. The molecule has 0 saturated heterocycles. The molecule has 2 aromatic rings. The number of nitrogens with zero attached hydrogens (tertiary/aromatic N) is 3. The molecule has 7 heteroatoms. The van der Waals surface area contributed by atoms with E-state index in [0.29, 0.717) is 23.9 Å². The molecule has 0 aliphatic carbocycles. The number of aliphatic hydroxyl groups is 1. The highest BCUT2D eigenvalue weighted by Crippen LogP contribution is 2.31. The van der Waals surface area contributed by atoms with Gasteiger partial charge in [-0.3, -0.25) is 4.68 Å². The molecule has 2 heterocycles. The third kappa shape index (κ3) is 2.72. The predicted octanol–water partition coefficient (Wildman–Crippen LogP) is 2.03. The zero-order chi connectivity index (χ0) is 13.1. The Morgan fingerprint density at radius 1 is 1.56 bits per heavy atom. The summed E-state index contributed by atoms with van der Waals surface area (Å²) in [5, 5.41) is 15.8. The van der Waals surface area contributed by atoms with Gasteiger partial charge in [0, 0.05) is 13.3 Å². The van der Waals surface area contributed by atoms with Gasteiger partial charge in [0.1, 0.15) is 6.10 Å². The third-order valence-corrected chi connectivity index (χ3v) is 3.76. The lowest BCUT2D eigenvalue weighted by Crippen LogP contribution is -2.13. The maximum atomic E-state index is 10.3. The average Bonchev–Trinajstić information content (AvgIpc) is 2.92. The van der Waals surface area contributed by atoms with Crippen LogP contribution in [0.25, 0.3) is 0 Å². The van der Waals surface area contributed by atoms with Gasteiger partial charge in [0.05, 0.1) is 39.9 Å². The van der Waals surface area contributed by atoms with Crippen LogP contribution in [-0.2, 0) is 11.3 Å². The van der Waals surface area contributed by atoms with E-state index in [1.165, 1.54) is 17.5 Å². The highest BCUT2D eigenvalue weighted by atomic mass is 35.5. The number of methoxy groups -OCH3 is 1. The molecule has 0 radical (unpaired) electrons. The topological polar surface area (TPSA) is 60.2 Å². The molecule has 1 unspecified atom stereocenters. The molecule has 0 aromatic carbocycles. The van der Waals surface area contributed by atoms with E-state index in [1.54, 1.807) is 18.0 Å². The number of hydrogen-bond donors (Lipinski definition) is 1. The minimum absolute atomic E-state index is 0.449. The summed E-state index contributed by atoms with van der Waals surface area (Å²) >= 11 is 7.52. The second-order valence-electron chi connectivity index (χ2n) is 3.78. The fourth-order valence-corrected chi connectivity index (χ4v) is 2.66. The minimum atomic E-state index is -0.803. The van der Waals surface area contributed by atoms with Gasteiger partial charge in [-0.15, -0.1) is 11.3 Å². The predicted molar refractivity (Wildman–Crippen MR) is 70.0 cm³/mol. The van der Waals surface area contributed by atoms with Crippen LogP contribution in [0.4, 0.5) is 0 Å². The molecule has 0 aliphatic rings. The number of hydrogen-bond acceptors (Lipinski definition) is 5. The zero-order valence-electron chi connectivity index (χ0n) is 10.1. The maximum Gasteiger partial charge on any atom is 0.133 e. The molecule has 98 valence electrons. The Hall–Kier alpha value is -0.950. The van der Waals surface area contributed by atoms with Gasteiger partial charge in [0.15, 0.2) is 0 Å². The first kappa shape index (κ1) is 13.5. The van der Waals surface area contributed by atoms with Crippen LogP contribution in [0.2, 0.25) is 5.02 Å². The van der Waals surface area contributed by atoms with Crippen LogP contribution in [0.5, 0.6) is 0 Å². The highest BCUT2D eigenvalue weighted by Gasteiger charge is 2.21. The molecule has 5 nitrogen and oxygen atoms in total. The van der Waals surface area contributed by atoms with Crippen molar-refractivity contribution in [3.05, 3.63) is 33.0 Å². The van der Waals surface area contributed by atoms with Crippen LogP contribution in [0.1, 0.15) is 21.7 Å². The van der Waals surface area contributed by atoms with E-state index in [0.717, 1.165) is 9.88 Å². The van der Waals surface area contributed by atoms with Gasteiger partial charge in [0.25, 0.3) is 0 Å². The molecular formula is C11H14ClN3O2S. The summed E-state index contributed by atoms with van der Waals surface area (Å²) in [6, 6.07) is 0. The van der Waals surface area contributed by atoms with E-state index in [-0.39, 0.29) is 0 Å². The quantitative estimate of drug-likeness (QED) is 0.914. The summed E-state index contributed by atoms with van der Waals surface area (Å²) < 4.78 is 6.66. The summed E-state index contributed by atoms with van der Waals surface area (Å²) in [6.45, 7) is 2.96. The standard InChI is InChI=1S/C11H14ClN3O2S/c1-7-13-6-9(18-7)11(16)10-8(12)5-14-15(10)3-4-17-2/h5-6,11,16H,3-4H2,1-2H3. The highest BCUT2D eigenvalue weighted by molar-refractivity contribution is 7.11. The Bertz CT molecular complexity index is 526. The van der Waals surface area contributed by atoms with Gasteiger partial charge in [-0.25, -0.2) is 4.98 Å². The molecule has 1 N–H and O–H groups in total. The zero-order valence-corrected chi connectivity index (χ0v) is 11.7. The first-order valence-corrected chi connectivity index (χ1v) is 6.63. The second kappa shape index (κ2) is 5.79. The smallest absolute Gasteiger partial charge is 0.133 e. The SMILES string of the molecule is COCCn1ncc(Cl)c1C(O)c1cnc(C)s1. The van der Waals surface area contributed by atoms with Gasteiger partial charge < -0.3 is 9.84 Å². The Morgan fingerprint density at radius 3 is 2.94 bits per heavy atom. The van der Waals surface area contributed by atoms with Crippen LogP contribution in [0.3, 0.4) is 0 Å². The average molecular weight is 288 g/mol. The van der Waals surface area contributed by atoms with Crippen molar-refractivity contribution < 1.29 is 9.84 Å². The lowest BCUT2D eigenvalue weighted by Gasteiger charge is -2.12. The Balaban J connectivity index is 2.28. The van der Waals surface area contributed by atoms with Gasteiger partial charge in [-0.2, -0.15) is 5.10 Å². The number of ether oxygens (including phenoxy) is 1. The van der Waals surface area contributed by atoms with E-state index in [2.05, 4.69) is 10.1 Å². The monoisotopic (exact) mass is 287 g/mol. The number of halogens is 1. The fourth-order valence-electron chi connectivity index (χ4n) is 1.64. The molecule has 0 aliphatic heterocycles. The molecule has 0 bridgehead atoms. The van der Waals surface area contributed by atoms with Gasteiger partial charge in [-0.05, 0) is 6.92 Å². The van der Waals surface area contributed by atoms with Crippen LogP contribution >= 0.6 is 22.9 Å². The van der Waals surface area contributed by atoms with Gasteiger partial charge in [-0.1, -0.05) is 11.6 Å². The van der Waals surface area contributed by atoms with Crippen LogP contribution in [0.15, 0.2) is 12.4 Å². The molecule has 1 atom stereocenters. The number of thiazole rings is 1.